The van der Waals surface area contributed by atoms with Crippen molar-refractivity contribution in [3.05, 3.63) is 0 Å². The Morgan fingerprint density at radius 3 is 1.86 bits per heavy atom. The minimum atomic E-state index is -3.89. The summed E-state index contributed by atoms with van der Waals surface area (Å²) in [4.78, 5) is 11.8. The van der Waals surface area contributed by atoms with Gasteiger partial charge in [-0.3, -0.25) is 9.35 Å². The van der Waals surface area contributed by atoms with E-state index in [-0.39, 0.29) is 11.7 Å². The van der Waals surface area contributed by atoms with Gasteiger partial charge >= 0.3 is 5.97 Å². The summed E-state index contributed by atoms with van der Waals surface area (Å²) < 4.78 is 36.2. The zero-order valence-corrected chi connectivity index (χ0v) is 19.3. The van der Waals surface area contributed by atoms with Crippen LogP contribution in [0.5, 0.6) is 0 Å². The first-order chi connectivity index (χ1) is 13.2. The standard InChI is InChI=1S/C21H43NO5S/c1-4-5-6-7-8-9-10-11-12-13-19-27-21(23)16-14-17-22(2,3)18-15-20-28(24,25)26/h4-20H2,1-3H3/p+1. The fourth-order valence-corrected chi connectivity index (χ4v) is 3.78. The van der Waals surface area contributed by atoms with E-state index in [0.29, 0.717) is 30.5 Å². The average molecular weight is 423 g/mol. The van der Waals surface area contributed by atoms with E-state index in [9.17, 15) is 13.2 Å². The maximum atomic E-state index is 11.8. The Kier molecular flexibility index (Phi) is 15.8. The van der Waals surface area contributed by atoms with Crippen LogP contribution >= 0.6 is 0 Å². The van der Waals surface area contributed by atoms with Crippen LogP contribution in [0, 0.1) is 0 Å². The third-order valence-corrected chi connectivity index (χ3v) is 5.88. The molecule has 1 N–H and O–H groups in total. The molecule has 0 rings (SSSR count). The molecule has 0 aromatic heterocycles. The van der Waals surface area contributed by atoms with Gasteiger partial charge in [0.05, 0.1) is 46.0 Å². The van der Waals surface area contributed by atoms with Gasteiger partial charge in [-0.1, -0.05) is 64.7 Å². The zero-order valence-electron chi connectivity index (χ0n) is 18.5. The van der Waals surface area contributed by atoms with Gasteiger partial charge in [0, 0.05) is 12.8 Å². The topological polar surface area (TPSA) is 80.7 Å². The number of rotatable bonds is 19. The molecular formula is C21H44NO5S+. The Bertz CT molecular complexity index is 491. The molecule has 0 amide bonds. The molecule has 0 bridgehead atoms. The van der Waals surface area contributed by atoms with E-state index in [1.54, 1.807) is 0 Å². The lowest BCUT2D eigenvalue weighted by Gasteiger charge is -2.29. The number of carbonyl (C=O) groups excluding carboxylic acids is 1. The van der Waals surface area contributed by atoms with Crippen molar-refractivity contribution in [2.75, 3.05) is 39.5 Å². The van der Waals surface area contributed by atoms with Crippen molar-refractivity contribution in [1.29, 1.82) is 0 Å². The van der Waals surface area contributed by atoms with Crippen LogP contribution in [0.1, 0.15) is 90.4 Å². The van der Waals surface area contributed by atoms with E-state index < -0.39 is 10.1 Å². The van der Waals surface area contributed by atoms with Crippen molar-refractivity contribution >= 4 is 16.1 Å². The Labute approximate surface area is 173 Å². The van der Waals surface area contributed by atoms with Crippen molar-refractivity contribution in [2.45, 2.75) is 90.4 Å². The van der Waals surface area contributed by atoms with Crippen molar-refractivity contribution in [3.63, 3.8) is 0 Å². The smallest absolute Gasteiger partial charge is 0.306 e. The number of esters is 1. The molecule has 0 saturated heterocycles. The highest BCUT2D eigenvalue weighted by Crippen LogP contribution is 2.11. The predicted octanol–water partition coefficient (Wildman–Crippen LogP) is 4.59. The van der Waals surface area contributed by atoms with E-state index in [1.165, 1.54) is 51.4 Å². The van der Waals surface area contributed by atoms with Crippen LogP contribution in [0.3, 0.4) is 0 Å². The third-order valence-electron chi connectivity index (χ3n) is 5.07. The number of hydrogen-bond acceptors (Lipinski definition) is 4. The third kappa shape index (κ3) is 20.1. The Morgan fingerprint density at radius 1 is 0.821 bits per heavy atom. The second kappa shape index (κ2) is 16.2. The molecule has 0 atom stereocenters. The average Bonchev–Trinajstić information content (AvgIpc) is 2.58. The van der Waals surface area contributed by atoms with Gasteiger partial charge in [0.1, 0.15) is 0 Å². The van der Waals surface area contributed by atoms with Crippen LogP contribution < -0.4 is 0 Å². The first kappa shape index (κ1) is 27.3. The fourth-order valence-electron chi connectivity index (χ4n) is 3.29. The van der Waals surface area contributed by atoms with Crippen LogP contribution in [0.15, 0.2) is 0 Å². The summed E-state index contributed by atoms with van der Waals surface area (Å²) in [5.41, 5.74) is 0. The number of ether oxygens (including phenoxy) is 1. The summed E-state index contributed by atoms with van der Waals surface area (Å²) in [6.45, 7) is 4.18. The molecule has 0 saturated carbocycles. The molecule has 0 spiro atoms. The summed E-state index contributed by atoms with van der Waals surface area (Å²) in [6, 6.07) is 0. The van der Waals surface area contributed by atoms with Gasteiger partial charge in [0.2, 0.25) is 0 Å². The molecule has 0 aromatic carbocycles. The summed E-state index contributed by atoms with van der Waals surface area (Å²) in [6.07, 6.45) is 14.2. The Balaban J connectivity index is 3.52. The Hall–Kier alpha value is -0.660. The van der Waals surface area contributed by atoms with Gasteiger partial charge in [-0.15, -0.1) is 0 Å². The van der Waals surface area contributed by atoms with Crippen LogP contribution in [0.2, 0.25) is 0 Å². The molecular weight excluding hydrogens is 378 g/mol. The molecule has 168 valence electrons. The molecule has 6 nitrogen and oxygen atoms in total. The number of carbonyl (C=O) groups is 1. The van der Waals surface area contributed by atoms with Gasteiger partial charge < -0.3 is 9.22 Å². The molecule has 0 aromatic rings. The highest BCUT2D eigenvalue weighted by atomic mass is 32.2. The van der Waals surface area contributed by atoms with Gasteiger partial charge in [-0.25, -0.2) is 0 Å². The van der Waals surface area contributed by atoms with Gasteiger partial charge in [-0.05, 0) is 6.42 Å². The summed E-state index contributed by atoms with van der Waals surface area (Å²) in [7, 11) is 0.108. The van der Waals surface area contributed by atoms with E-state index in [0.717, 1.165) is 25.8 Å². The van der Waals surface area contributed by atoms with Crippen LogP contribution in [-0.2, 0) is 19.6 Å². The maximum Gasteiger partial charge on any atom is 0.306 e. The largest absolute Gasteiger partial charge is 0.466 e. The normalized spacial score (nSPS) is 12.3. The number of hydrogen-bond donors (Lipinski definition) is 1. The van der Waals surface area contributed by atoms with Crippen LogP contribution in [-0.4, -0.2) is 63.0 Å². The highest BCUT2D eigenvalue weighted by Gasteiger charge is 2.17. The molecule has 0 aliphatic rings. The molecule has 0 unspecified atom stereocenters. The van der Waals surface area contributed by atoms with Crippen molar-refractivity contribution in [3.8, 4) is 0 Å². The SMILES string of the molecule is CCCCCCCCCCCCOC(=O)CCC[N+](C)(C)CCCS(=O)(=O)O. The van der Waals surface area contributed by atoms with Gasteiger partial charge in [0.25, 0.3) is 10.1 Å². The number of nitrogens with zero attached hydrogens (tertiary/aromatic N) is 1. The predicted molar refractivity (Wildman–Crippen MR) is 115 cm³/mol. The lowest BCUT2D eigenvalue weighted by atomic mass is 10.1. The molecule has 7 heteroatoms. The van der Waals surface area contributed by atoms with Crippen molar-refractivity contribution in [1.82, 2.24) is 0 Å². The minimum absolute atomic E-state index is 0.145. The summed E-state index contributed by atoms with van der Waals surface area (Å²) in [5.74, 6) is -0.357. The first-order valence-corrected chi connectivity index (χ1v) is 12.7. The molecule has 0 aliphatic carbocycles. The van der Waals surface area contributed by atoms with E-state index in [2.05, 4.69) is 6.92 Å². The second-order valence-corrected chi connectivity index (χ2v) is 10.1. The second-order valence-electron chi connectivity index (χ2n) is 8.53. The van der Waals surface area contributed by atoms with Gasteiger partial charge in [0.15, 0.2) is 0 Å². The molecule has 0 fully saturated rings. The van der Waals surface area contributed by atoms with Crippen molar-refractivity contribution in [2.24, 2.45) is 0 Å². The number of unbranched alkanes of at least 4 members (excludes halogenated alkanes) is 9. The summed E-state index contributed by atoms with van der Waals surface area (Å²) in [5, 5.41) is 0. The highest BCUT2D eigenvalue weighted by molar-refractivity contribution is 7.85. The van der Waals surface area contributed by atoms with Gasteiger partial charge in [-0.2, -0.15) is 8.42 Å². The fraction of sp³-hybridized carbons (Fsp3) is 0.952. The Morgan fingerprint density at radius 2 is 1.32 bits per heavy atom. The summed E-state index contributed by atoms with van der Waals surface area (Å²) >= 11 is 0. The van der Waals surface area contributed by atoms with Crippen molar-refractivity contribution < 1.29 is 27.0 Å². The zero-order chi connectivity index (χ0) is 21.3. The van der Waals surface area contributed by atoms with E-state index >= 15 is 0 Å². The lowest BCUT2D eigenvalue weighted by Crippen LogP contribution is -2.42. The van der Waals surface area contributed by atoms with Crippen LogP contribution in [0.25, 0.3) is 0 Å². The molecule has 0 aliphatic heterocycles. The molecule has 0 heterocycles. The monoisotopic (exact) mass is 422 g/mol. The lowest BCUT2D eigenvalue weighted by molar-refractivity contribution is -0.890. The van der Waals surface area contributed by atoms with E-state index in [4.69, 9.17) is 9.29 Å². The minimum Gasteiger partial charge on any atom is -0.466 e. The maximum absolute atomic E-state index is 11.8. The molecule has 0 radical (unpaired) electrons. The number of quaternary nitrogens is 1. The molecule has 28 heavy (non-hydrogen) atoms. The van der Waals surface area contributed by atoms with E-state index in [1.807, 2.05) is 14.1 Å². The quantitative estimate of drug-likeness (QED) is 0.143. The first-order valence-electron chi connectivity index (χ1n) is 11.1. The van der Waals surface area contributed by atoms with Crippen LogP contribution in [0.4, 0.5) is 0 Å².